The van der Waals surface area contributed by atoms with Crippen LogP contribution in [0.5, 0.6) is 0 Å². The SMILES string of the molecule is CC(C)CCC(C)Nc1cc(C#N)ccc1[N+](=O)[O-]. The van der Waals surface area contributed by atoms with E-state index >= 15 is 0 Å². The second-order valence-corrected chi connectivity index (χ2v) is 5.12. The fourth-order valence-electron chi connectivity index (χ4n) is 1.80. The normalized spacial score (nSPS) is 11.9. The molecule has 0 aliphatic rings. The summed E-state index contributed by atoms with van der Waals surface area (Å²) in [6.45, 7) is 6.28. The first-order valence-electron chi connectivity index (χ1n) is 6.39. The summed E-state index contributed by atoms with van der Waals surface area (Å²) < 4.78 is 0. The van der Waals surface area contributed by atoms with Crippen molar-refractivity contribution in [2.45, 2.75) is 39.7 Å². The molecule has 1 aromatic carbocycles. The summed E-state index contributed by atoms with van der Waals surface area (Å²) in [6.07, 6.45) is 1.99. The minimum Gasteiger partial charge on any atom is -0.377 e. The van der Waals surface area contributed by atoms with E-state index < -0.39 is 4.92 Å². The lowest BCUT2D eigenvalue weighted by Crippen LogP contribution is -2.16. The summed E-state index contributed by atoms with van der Waals surface area (Å²) in [5.74, 6) is 0.602. The minimum absolute atomic E-state index is 0.00963. The lowest BCUT2D eigenvalue weighted by molar-refractivity contribution is -0.384. The van der Waals surface area contributed by atoms with E-state index in [1.165, 1.54) is 18.2 Å². The molecule has 0 aromatic heterocycles. The van der Waals surface area contributed by atoms with Gasteiger partial charge < -0.3 is 5.32 Å². The highest BCUT2D eigenvalue weighted by Gasteiger charge is 2.16. The fraction of sp³-hybridized carbons (Fsp3) is 0.500. The largest absolute Gasteiger partial charge is 0.377 e. The van der Waals surface area contributed by atoms with Gasteiger partial charge in [-0.2, -0.15) is 5.26 Å². The predicted octanol–water partition coefficient (Wildman–Crippen LogP) is 3.70. The van der Waals surface area contributed by atoms with E-state index in [0.29, 0.717) is 17.2 Å². The molecule has 0 radical (unpaired) electrons. The van der Waals surface area contributed by atoms with Crippen molar-refractivity contribution in [3.8, 4) is 6.07 Å². The molecule has 1 atom stereocenters. The van der Waals surface area contributed by atoms with E-state index in [1.54, 1.807) is 0 Å². The summed E-state index contributed by atoms with van der Waals surface area (Å²) in [6, 6.07) is 6.49. The molecule has 1 rings (SSSR count). The minimum atomic E-state index is -0.432. The Kier molecular flexibility index (Phi) is 5.31. The number of rotatable bonds is 6. The summed E-state index contributed by atoms with van der Waals surface area (Å²) in [5.41, 5.74) is 0.847. The van der Waals surface area contributed by atoms with Gasteiger partial charge in [-0.3, -0.25) is 10.1 Å². The zero-order valence-electron chi connectivity index (χ0n) is 11.5. The monoisotopic (exact) mass is 261 g/mol. The van der Waals surface area contributed by atoms with Gasteiger partial charge in [0.1, 0.15) is 5.69 Å². The maximum absolute atomic E-state index is 11.0. The number of hydrogen-bond donors (Lipinski definition) is 1. The molecule has 0 amide bonds. The van der Waals surface area contributed by atoms with Crippen molar-refractivity contribution < 1.29 is 4.92 Å². The summed E-state index contributed by atoms with van der Waals surface area (Å²) in [7, 11) is 0. The van der Waals surface area contributed by atoms with Crippen LogP contribution in [0.1, 0.15) is 39.2 Å². The standard InChI is InChI=1S/C14H19N3O2/c1-10(2)4-5-11(3)16-13-8-12(9-15)6-7-14(13)17(18)19/h6-8,10-11,16H,4-5H2,1-3H3. The first-order chi connectivity index (χ1) is 8.93. The topological polar surface area (TPSA) is 79.0 Å². The highest BCUT2D eigenvalue weighted by Crippen LogP contribution is 2.26. The quantitative estimate of drug-likeness (QED) is 0.625. The van der Waals surface area contributed by atoms with Gasteiger partial charge in [-0.15, -0.1) is 0 Å². The van der Waals surface area contributed by atoms with Crippen molar-refractivity contribution in [2.24, 2.45) is 5.92 Å². The molecule has 1 aromatic rings. The smallest absolute Gasteiger partial charge is 0.292 e. The molecular formula is C14H19N3O2. The first-order valence-corrected chi connectivity index (χ1v) is 6.39. The van der Waals surface area contributed by atoms with E-state index in [4.69, 9.17) is 5.26 Å². The third-order valence-electron chi connectivity index (χ3n) is 2.90. The van der Waals surface area contributed by atoms with Crippen LogP contribution in [-0.2, 0) is 0 Å². The molecule has 0 fully saturated rings. The molecule has 0 aliphatic carbocycles. The van der Waals surface area contributed by atoms with Gasteiger partial charge >= 0.3 is 0 Å². The molecule has 5 nitrogen and oxygen atoms in total. The highest BCUT2D eigenvalue weighted by molar-refractivity contribution is 5.64. The summed E-state index contributed by atoms with van der Waals surface area (Å²) in [5, 5.41) is 22.9. The van der Waals surface area contributed by atoms with Crippen molar-refractivity contribution in [1.82, 2.24) is 0 Å². The molecule has 0 aliphatic heterocycles. The molecule has 0 saturated heterocycles. The number of nitro benzene ring substituents is 1. The number of benzene rings is 1. The Bertz CT molecular complexity index is 492. The van der Waals surface area contributed by atoms with E-state index in [0.717, 1.165) is 12.8 Å². The molecule has 0 saturated carbocycles. The van der Waals surface area contributed by atoms with Gasteiger partial charge in [-0.1, -0.05) is 13.8 Å². The van der Waals surface area contributed by atoms with Gasteiger partial charge in [-0.25, -0.2) is 0 Å². The van der Waals surface area contributed by atoms with E-state index in [2.05, 4.69) is 19.2 Å². The zero-order chi connectivity index (χ0) is 14.4. The van der Waals surface area contributed by atoms with Crippen LogP contribution in [0.4, 0.5) is 11.4 Å². The maximum Gasteiger partial charge on any atom is 0.292 e. The van der Waals surface area contributed by atoms with Crippen LogP contribution in [0.15, 0.2) is 18.2 Å². The zero-order valence-corrected chi connectivity index (χ0v) is 11.5. The van der Waals surface area contributed by atoms with Gasteiger partial charge in [0.05, 0.1) is 16.6 Å². The fourth-order valence-corrected chi connectivity index (χ4v) is 1.80. The Morgan fingerprint density at radius 2 is 2.05 bits per heavy atom. The second-order valence-electron chi connectivity index (χ2n) is 5.12. The summed E-state index contributed by atoms with van der Waals surface area (Å²) in [4.78, 5) is 10.5. The Morgan fingerprint density at radius 1 is 1.37 bits per heavy atom. The third kappa shape index (κ3) is 4.59. The van der Waals surface area contributed by atoms with Gasteiger partial charge in [-0.05, 0) is 37.8 Å². The number of nitriles is 1. The van der Waals surface area contributed by atoms with Gasteiger partial charge in [0.15, 0.2) is 0 Å². The molecule has 0 spiro atoms. The number of anilines is 1. The molecule has 102 valence electrons. The number of nitro groups is 1. The second kappa shape index (κ2) is 6.74. The lowest BCUT2D eigenvalue weighted by Gasteiger charge is -2.16. The van der Waals surface area contributed by atoms with Crippen LogP contribution in [0, 0.1) is 27.4 Å². The molecule has 19 heavy (non-hydrogen) atoms. The van der Waals surface area contributed by atoms with Gasteiger partial charge in [0, 0.05) is 12.1 Å². The van der Waals surface area contributed by atoms with Crippen LogP contribution in [0.25, 0.3) is 0 Å². The van der Waals surface area contributed by atoms with Crippen molar-refractivity contribution in [2.75, 3.05) is 5.32 Å². The Hall–Kier alpha value is -2.09. The van der Waals surface area contributed by atoms with Crippen LogP contribution < -0.4 is 5.32 Å². The lowest BCUT2D eigenvalue weighted by atomic mass is 10.0. The van der Waals surface area contributed by atoms with Crippen molar-refractivity contribution in [3.05, 3.63) is 33.9 Å². The molecule has 5 heteroatoms. The van der Waals surface area contributed by atoms with Crippen molar-refractivity contribution in [1.29, 1.82) is 5.26 Å². The Balaban J connectivity index is 2.86. The molecule has 0 bridgehead atoms. The van der Waals surface area contributed by atoms with E-state index in [1.807, 2.05) is 13.0 Å². The molecule has 1 unspecified atom stereocenters. The van der Waals surface area contributed by atoms with E-state index in [-0.39, 0.29) is 11.7 Å². The van der Waals surface area contributed by atoms with Gasteiger partial charge in [0.2, 0.25) is 0 Å². The number of hydrogen-bond acceptors (Lipinski definition) is 4. The Labute approximate surface area is 113 Å². The Morgan fingerprint density at radius 3 is 2.58 bits per heavy atom. The molecule has 1 N–H and O–H groups in total. The highest BCUT2D eigenvalue weighted by atomic mass is 16.6. The predicted molar refractivity (Wildman–Crippen MR) is 75.0 cm³/mol. The molecule has 0 heterocycles. The van der Waals surface area contributed by atoms with E-state index in [9.17, 15) is 10.1 Å². The van der Waals surface area contributed by atoms with Crippen LogP contribution >= 0.6 is 0 Å². The number of nitrogens with zero attached hydrogens (tertiary/aromatic N) is 2. The van der Waals surface area contributed by atoms with Crippen LogP contribution in [-0.4, -0.2) is 11.0 Å². The van der Waals surface area contributed by atoms with Crippen LogP contribution in [0.2, 0.25) is 0 Å². The van der Waals surface area contributed by atoms with Crippen molar-refractivity contribution in [3.63, 3.8) is 0 Å². The van der Waals surface area contributed by atoms with Crippen LogP contribution in [0.3, 0.4) is 0 Å². The first kappa shape index (κ1) is 15.0. The van der Waals surface area contributed by atoms with Crippen molar-refractivity contribution >= 4 is 11.4 Å². The third-order valence-corrected chi connectivity index (χ3v) is 2.90. The van der Waals surface area contributed by atoms with Gasteiger partial charge in [0.25, 0.3) is 5.69 Å². The molecular weight excluding hydrogens is 242 g/mol. The number of nitrogens with one attached hydrogen (secondary N) is 1. The average Bonchev–Trinajstić information content (AvgIpc) is 2.35. The average molecular weight is 261 g/mol. The maximum atomic E-state index is 11.0. The summed E-state index contributed by atoms with van der Waals surface area (Å²) >= 11 is 0.